The molecule has 1 aliphatic rings. The van der Waals surface area contributed by atoms with Crippen molar-refractivity contribution in [2.45, 2.75) is 52.1 Å². The number of hydrogen-bond acceptors (Lipinski definition) is 2. The monoisotopic (exact) mass is 264 g/mol. The van der Waals surface area contributed by atoms with Crippen molar-refractivity contribution in [3.05, 3.63) is 24.0 Å². The molecule has 3 heteroatoms. The van der Waals surface area contributed by atoms with E-state index >= 15 is 0 Å². The standard InChI is InChI=1S/C16H25FN2/c1-5-15(12-6-7-12)18-13-8-9-16(14(17)10-13)19(4)11(2)3/h8-12,15,18H,5-7H2,1-4H3. The molecule has 0 spiro atoms. The largest absolute Gasteiger partial charge is 0.382 e. The Morgan fingerprint density at radius 1 is 1.37 bits per heavy atom. The summed E-state index contributed by atoms with van der Waals surface area (Å²) in [6, 6.07) is 6.27. The van der Waals surface area contributed by atoms with Crippen molar-refractivity contribution < 1.29 is 4.39 Å². The van der Waals surface area contributed by atoms with Crippen LogP contribution in [0.3, 0.4) is 0 Å². The summed E-state index contributed by atoms with van der Waals surface area (Å²) < 4.78 is 14.2. The number of halogens is 1. The second-order valence-electron chi connectivity index (χ2n) is 5.87. The molecule has 1 unspecified atom stereocenters. The maximum Gasteiger partial charge on any atom is 0.148 e. The number of rotatable bonds is 6. The molecule has 1 saturated carbocycles. The Labute approximate surface area is 116 Å². The molecule has 0 aliphatic heterocycles. The first-order chi connectivity index (χ1) is 9.02. The molecule has 2 nitrogen and oxygen atoms in total. The van der Waals surface area contributed by atoms with Gasteiger partial charge in [-0.3, -0.25) is 0 Å². The molecule has 1 aromatic carbocycles. The van der Waals surface area contributed by atoms with Crippen LogP contribution < -0.4 is 10.2 Å². The Morgan fingerprint density at radius 3 is 2.53 bits per heavy atom. The van der Waals surface area contributed by atoms with Crippen molar-refractivity contribution in [3.63, 3.8) is 0 Å². The highest BCUT2D eigenvalue weighted by molar-refractivity contribution is 5.56. The van der Waals surface area contributed by atoms with Gasteiger partial charge < -0.3 is 10.2 Å². The lowest BCUT2D eigenvalue weighted by Crippen LogP contribution is -2.26. The summed E-state index contributed by atoms with van der Waals surface area (Å²) in [6.45, 7) is 6.31. The zero-order chi connectivity index (χ0) is 14.0. The Kier molecular flexibility index (Phi) is 4.33. The van der Waals surface area contributed by atoms with Crippen molar-refractivity contribution in [1.82, 2.24) is 0 Å². The van der Waals surface area contributed by atoms with Gasteiger partial charge >= 0.3 is 0 Å². The minimum absolute atomic E-state index is 0.146. The zero-order valence-corrected chi connectivity index (χ0v) is 12.4. The molecule has 0 saturated heterocycles. The third-order valence-corrected chi connectivity index (χ3v) is 4.09. The number of benzene rings is 1. The van der Waals surface area contributed by atoms with E-state index in [-0.39, 0.29) is 5.82 Å². The van der Waals surface area contributed by atoms with Gasteiger partial charge in [-0.25, -0.2) is 4.39 Å². The normalized spacial score (nSPS) is 16.5. The molecule has 1 fully saturated rings. The highest BCUT2D eigenvalue weighted by Crippen LogP contribution is 2.36. The highest BCUT2D eigenvalue weighted by atomic mass is 19.1. The highest BCUT2D eigenvalue weighted by Gasteiger charge is 2.29. The van der Waals surface area contributed by atoms with Crippen molar-refractivity contribution in [3.8, 4) is 0 Å². The van der Waals surface area contributed by atoms with Crippen LogP contribution in [0.15, 0.2) is 18.2 Å². The van der Waals surface area contributed by atoms with Crippen molar-refractivity contribution >= 4 is 11.4 Å². The summed E-state index contributed by atoms with van der Waals surface area (Å²) in [5, 5.41) is 3.47. The minimum atomic E-state index is -0.146. The quantitative estimate of drug-likeness (QED) is 0.825. The number of anilines is 2. The van der Waals surface area contributed by atoms with E-state index in [0.29, 0.717) is 17.8 Å². The van der Waals surface area contributed by atoms with Crippen molar-refractivity contribution in [1.29, 1.82) is 0 Å². The van der Waals surface area contributed by atoms with E-state index in [1.807, 2.05) is 24.1 Å². The Hall–Kier alpha value is -1.25. The molecule has 0 amide bonds. The molecular weight excluding hydrogens is 239 g/mol. The molecule has 19 heavy (non-hydrogen) atoms. The third-order valence-electron chi connectivity index (χ3n) is 4.09. The van der Waals surface area contributed by atoms with E-state index in [2.05, 4.69) is 26.1 Å². The molecule has 0 heterocycles. The summed E-state index contributed by atoms with van der Waals surface area (Å²) in [5.74, 6) is 0.637. The Bertz CT molecular complexity index is 427. The first kappa shape index (κ1) is 14.2. The van der Waals surface area contributed by atoms with Crippen LogP contribution in [-0.2, 0) is 0 Å². The fraction of sp³-hybridized carbons (Fsp3) is 0.625. The van der Waals surface area contributed by atoms with E-state index in [0.717, 1.165) is 18.0 Å². The number of nitrogens with zero attached hydrogens (tertiary/aromatic N) is 1. The summed E-state index contributed by atoms with van der Waals surface area (Å²) in [5.41, 5.74) is 1.57. The fourth-order valence-electron chi connectivity index (χ4n) is 2.43. The van der Waals surface area contributed by atoms with Crippen LogP contribution in [0.4, 0.5) is 15.8 Å². The molecule has 1 aromatic rings. The second-order valence-corrected chi connectivity index (χ2v) is 5.87. The summed E-state index contributed by atoms with van der Waals surface area (Å²) in [7, 11) is 1.93. The molecular formula is C16H25FN2. The number of hydrogen-bond donors (Lipinski definition) is 1. The van der Waals surface area contributed by atoms with Crippen LogP contribution in [-0.4, -0.2) is 19.1 Å². The molecule has 106 valence electrons. The van der Waals surface area contributed by atoms with Crippen molar-refractivity contribution in [2.75, 3.05) is 17.3 Å². The van der Waals surface area contributed by atoms with E-state index in [9.17, 15) is 4.39 Å². The van der Waals surface area contributed by atoms with Crippen LogP contribution in [0.1, 0.15) is 40.0 Å². The van der Waals surface area contributed by atoms with Gasteiger partial charge in [0.15, 0.2) is 0 Å². The predicted molar refractivity (Wildman–Crippen MR) is 80.4 cm³/mol. The van der Waals surface area contributed by atoms with Gasteiger partial charge in [0.2, 0.25) is 0 Å². The van der Waals surface area contributed by atoms with Gasteiger partial charge in [0.25, 0.3) is 0 Å². The SMILES string of the molecule is CCC(Nc1ccc(N(C)C(C)C)c(F)c1)C1CC1. The number of nitrogens with one attached hydrogen (secondary N) is 1. The van der Waals surface area contributed by atoms with E-state index in [1.165, 1.54) is 12.8 Å². The van der Waals surface area contributed by atoms with Gasteiger partial charge in [0.05, 0.1) is 5.69 Å². The summed E-state index contributed by atoms with van der Waals surface area (Å²) in [4.78, 5) is 1.96. The maximum atomic E-state index is 14.2. The first-order valence-corrected chi connectivity index (χ1v) is 7.31. The second kappa shape index (κ2) is 5.81. The maximum absolute atomic E-state index is 14.2. The van der Waals surface area contributed by atoms with Crippen molar-refractivity contribution in [2.24, 2.45) is 5.92 Å². The minimum Gasteiger partial charge on any atom is -0.382 e. The summed E-state index contributed by atoms with van der Waals surface area (Å²) >= 11 is 0. The lowest BCUT2D eigenvalue weighted by molar-refractivity contribution is 0.605. The third kappa shape index (κ3) is 3.40. The molecule has 0 aromatic heterocycles. The molecule has 0 radical (unpaired) electrons. The Balaban J connectivity index is 2.09. The molecule has 1 atom stereocenters. The lowest BCUT2D eigenvalue weighted by atomic mass is 10.1. The summed E-state index contributed by atoms with van der Waals surface area (Å²) in [6.07, 6.45) is 3.71. The van der Waals surface area contributed by atoms with E-state index < -0.39 is 0 Å². The smallest absolute Gasteiger partial charge is 0.148 e. The molecule has 0 bridgehead atoms. The van der Waals surface area contributed by atoms with Crippen LogP contribution in [0.2, 0.25) is 0 Å². The topological polar surface area (TPSA) is 15.3 Å². The van der Waals surface area contributed by atoms with Crippen LogP contribution in [0.5, 0.6) is 0 Å². The van der Waals surface area contributed by atoms with Gasteiger partial charge in [0, 0.05) is 24.8 Å². The van der Waals surface area contributed by atoms with Gasteiger partial charge in [-0.2, -0.15) is 0 Å². The predicted octanol–water partition coefficient (Wildman–Crippen LogP) is 4.27. The lowest BCUT2D eigenvalue weighted by Gasteiger charge is -2.25. The van der Waals surface area contributed by atoms with Gasteiger partial charge in [0.1, 0.15) is 5.82 Å². The average Bonchev–Trinajstić information content (AvgIpc) is 3.19. The van der Waals surface area contributed by atoms with Gasteiger partial charge in [-0.1, -0.05) is 6.92 Å². The Morgan fingerprint density at radius 2 is 2.05 bits per heavy atom. The molecule has 1 N–H and O–H groups in total. The molecule has 1 aliphatic carbocycles. The van der Waals surface area contributed by atoms with E-state index in [4.69, 9.17) is 0 Å². The van der Waals surface area contributed by atoms with Crippen LogP contribution >= 0.6 is 0 Å². The zero-order valence-electron chi connectivity index (χ0n) is 12.4. The molecule has 2 rings (SSSR count). The van der Waals surface area contributed by atoms with Crippen LogP contribution in [0.25, 0.3) is 0 Å². The van der Waals surface area contributed by atoms with E-state index in [1.54, 1.807) is 6.07 Å². The fourth-order valence-corrected chi connectivity index (χ4v) is 2.43. The van der Waals surface area contributed by atoms with Gasteiger partial charge in [-0.15, -0.1) is 0 Å². The average molecular weight is 264 g/mol. The first-order valence-electron chi connectivity index (χ1n) is 7.31. The van der Waals surface area contributed by atoms with Crippen LogP contribution in [0, 0.1) is 11.7 Å². The van der Waals surface area contributed by atoms with Gasteiger partial charge in [-0.05, 0) is 57.2 Å².